The summed E-state index contributed by atoms with van der Waals surface area (Å²) in [7, 11) is 0. The van der Waals surface area contributed by atoms with E-state index in [-0.39, 0.29) is 11.3 Å². The minimum absolute atomic E-state index is 0.0398. The maximum atomic E-state index is 12.9. The number of nitrogens with zero attached hydrogens (tertiary/aromatic N) is 3. The van der Waals surface area contributed by atoms with Crippen LogP contribution in [0.25, 0.3) is 11.1 Å². The van der Waals surface area contributed by atoms with Crippen LogP contribution in [0.5, 0.6) is 0 Å². The molecule has 1 saturated carbocycles. The number of carbonyl (C=O) groups excluding carboxylic acids is 1. The average Bonchev–Trinajstić information content (AvgIpc) is 3.14. The van der Waals surface area contributed by atoms with Gasteiger partial charge in [-0.15, -0.1) is 0 Å². The van der Waals surface area contributed by atoms with E-state index >= 15 is 0 Å². The van der Waals surface area contributed by atoms with Crippen molar-refractivity contribution in [2.24, 2.45) is 10.4 Å². The van der Waals surface area contributed by atoms with Crippen molar-refractivity contribution < 1.29 is 9.32 Å². The van der Waals surface area contributed by atoms with Crippen molar-refractivity contribution in [3.63, 3.8) is 0 Å². The van der Waals surface area contributed by atoms with Gasteiger partial charge in [-0.1, -0.05) is 37.7 Å². The van der Waals surface area contributed by atoms with Crippen LogP contribution in [0.4, 0.5) is 0 Å². The second-order valence-electron chi connectivity index (χ2n) is 7.91. The van der Waals surface area contributed by atoms with Gasteiger partial charge in [0.2, 0.25) is 0 Å². The predicted octanol–water partition coefficient (Wildman–Crippen LogP) is 3.52. The zero-order valence-electron chi connectivity index (χ0n) is 14.8. The first-order chi connectivity index (χ1) is 11.9. The molecule has 0 spiro atoms. The van der Waals surface area contributed by atoms with Crippen molar-refractivity contribution in [2.75, 3.05) is 12.3 Å². The van der Waals surface area contributed by atoms with Gasteiger partial charge in [0.05, 0.1) is 23.2 Å². The Morgan fingerprint density at radius 2 is 2.20 bits per heavy atom. The third-order valence-electron chi connectivity index (χ3n) is 4.28. The summed E-state index contributed by atoms with van der Waals surface area (Å²) in [6.45, 7) is 7.18. The molecule has 0 atom stereocenters. The standard InChI is InChI=1S/C18H22N4O2S/c1-18(2,3)9-13-14-11(15(23)21-17-19-6-7-25-17)8-12(10-4-5-10)20-16(14)24-22-13/h8,10H,4-7,9H2,1-3H3,(H,19,21,23). The van der Waals surface area contributed by atoms with Gasteiger partial charge in [0.1, 0.15) is 0 Å². The van der Waals surface area contributed by atoms with E-state index < -0.39 is 0 Å². The van der Waals surface area contributed by atoms with Crippen LogP contribution in [0.2, 0.25) is 0 Å². The number of hydrogen-bond donors (Lipinski definition) is 1. The number of amidine groups is 1. The van der Waals surface area contributed by atoms with Gasteiger partial charge in [0.15, 0.2) is 5.17 Å². The van der Waals surface area contributed by atoms with Crippen LogP contribution < -0.4 is 5.32 Å². The molecule has 0 aromatic carbocycles. The summed E-state index contributed by atoms with van der Waals surface area (Å²) in [6.07, 6.45) is 2.96. The fourth-order valence-corrected chi connectivity index (χ4v) is 3.72. The summed E-state index contributed by atoms with van der Waals surface area (Å²) >= 11 is 1.57. The Hall–Kier alpha value is -1.89. The largest absolute Gasteiger partial charge is 0.336 e. The minimum Gasteiger partial charge on any atom is -0.336 e. The highest BCUT2D eigenvalue weighted by Crippen LogP contribution is 2.41. The molecule has 7 heteroatoms. The van der Waals surface area contributed by atoms with Crippen LogP contribution in [0.1, 0.15) is 61.3 Å². The van der Waals surface area contributed by atoms with Gasteiger partial charge in [-0.3, -0.25) is 9.79 Å². The number of nitrogens with one attached hydrogen (secondary N) is 1. The third kappa shape index (κ3) is 3.56. The molecular formula is C18H22N4O2S. The highest BCUT2D eigenvalue weighted by Gasteiger charge is 2.30. The third-order valence-corrected chi connectivity index (χ3v) is 5.17. The first-order valence-electron chi connectivity index (χ1n) is 8.68. The lowest BCUT2D eigenvalue weighted by Crippen LogP contribution is -2.28. The lowest BCUT2D eigenvalue weighted by atomic mass is 9.89. The second-order valence-corrected chi connectivity index (χ2v) is 8.99. The Morgan fingerprint density at radius 1 is 1.40 bits per heavy atom. The highest BCUT2D eigenvalue weighted by atomic mass is 32.2. The monoisotopic (exact) mass is 358 g/mol. The lowest BCUT2D eigenvalue weighted by Gasteiger charge is -2.16. The lowest BCUT2D eigenvalue weighted by molar-refractivity contribution is 0.0979. The number of carbonyl (C=O) groups is 1. The second kappa shape index (κ2) is 6.12. The Morgan fingerprint density at radius 3 is 2.84 bits per heavy atom. The van der Waals surface area contributed by atoms with Crippen molar-refractivity contribution in [2.45, 2.75) is 46.0 Å². The van der Waals surface area contributed by atoms with Crippen LogP contribution in [0.3, 0.4) is 0 Å². The van der Waals surface area contributed by atoms with Crippen LogP contribution in [-0.4, -0.2) is 33.5 Å². The van der Waals surface area contributed by atoms with Crippen molar-refractivity contribution in [3.05, 3.63) is 23.0 Å². The maximum Gasteiger partial charge on any atom is 0.259 e. The van der Waals surface area contributed by atoms with Crippen LogP contribution in [0.15, 0.2) is 15.6 Å². The van der Waals surface area contributed by atoms with Gasteiger partial charge in [0.25, 0.3) is 11.6 Å². The van der Waals surface area contributed by atoms with E-state index in [2.05, 4.69) is 41.2 Å². The SMILES string of the molecule is CC(C)(C)Cc1noc2nc(C3CC3)cc(C(=O)NC3=NCCS3)c12. The minimum atomic E-state index is -0.152. The fraction of sp³-hybridized carbons (Fsp3) is 0.556. The number of pyridine rings is 1. The zero-order valence-corrected chi connectivity index (χ0v) is 15.6. The topological polar surface area (TPSA) is 80.4 Å². The van der Waals surface area contributed by atoms with Crippen molar-refractivity contribution in [3.8, 4) is 0 Å². The Kier molecular flexibility index (Phi) is 4.06. The highest BCUT2D eigenvalue weighted by molar-refractivity contribution is 8.14. The van der Waals surface area contributed by atoms with E-state index in [1.807, 2.05) is 6.07 Å². The molecule has 0 saturated heterocycles. The molecule has 132 valence electrons. The molecule has 1 aliphatic carbocycles. The molecule has 0 unspecified atom stereocenters. The normalized spacial score (nSPS) is 17.8. The molecule has 2 aliphatic rings. The molecular weight excluding hydrogens is 336 g/mol. The molecule has 2 aromatic heterocycles. The molecule has 1 fully saturated rings. The molecule has 1 N–H and O–H groups in total. The number of aliphatic imine (C=N–C) groups is 1. The van der Waals surface area contributed by atoms with E-state index in [9.17, 15) is 4.79 Å². The molecule has 3 heterocycles. The molecule has 25 heavy (non-hydrogen) atoms. The van der Waals surface area contributed by atoms with Crippen molar-refractivity contribution in [1.82, 2.24) is 15.5 Å². The fourth-order valence-electron chi connectivity index (χ4n) is 3.00. The molecule has 1 amide bonds. The summed E-state index contributed by atoms with van der Waals surface area (Å²) in [5.74, 6) is 1.20. The summed E-state index contributed by atoms with van der Waals surface area (Å²) in [5, 5.41) is 8.58. The summed E-state index contributed by atoms with van der Waals surface area (Å²) in [5.41, 5.74) is 2.83. The summed E-state index contributed by atoms with van der Waals surface area (Å²) < 4.78 is 5.50. The van der Waals surface area contributed by atoms with Crippen molar-refractivity contribution >= 4 is 33.9 Å². The Balaban J connectivity index is 1.77. The Bertz CT molecular complexity index is 862. The number of rotatable bonds is 3. The maximum absolute atomic E-state index is 12.9. The first kappa shape index (κ1) is 16.6. The number of fused-ring (bicyclic) bond motifs is 1. The molecule has 1 aliphatic heterocycles. The average molecular weight is 358 g/mol. The molecule has 0 bridgehead atoms. The van der Waals surface area contributed by atoms with Gasteiger partial charge in [-0.2, -0.15) is 0 Å². The number of amides is 1. The molecule has 6 nitrogen and oxygen atoms in total. The zero-order chi connectivity index (χ0) is 17.6. The predicted molar refractivity (Wildman–Crippen MR) is 99.2 cm³/mol. The smallest absolute Gasteiger partial charge is 0.259 e. The van der Waals surface area contributed by atoms with E-state index in [4.69, 9.17) is 4.52 Å². The van der Waals surface area contributed by atoms with E-state index in [1.165, 1.54) is 0 Å². The van der Waals surface area contributed by atoms with Crippen LogP contribution >= 0.6 is 11.8 Å². The van der Waals surface area contributed by atoms with E-state index in [0.29, 0.717) is 22.4 Å². The summed E-state index contributed by atoms with van der Waals surface area (Å²) in [4.78, 5) is 21.9. The van der Waals surface area contributed by atoms with Gasteiger partial charge in [-0.05, 0) is 30.7 Å². The van der Waals surface area contributed by atoms with Crippen LogP contribution in [0, 0.1) is 5.41 Å². The molecule has 0 radical (unpaired) electrons. The van der Waals surface area contributed by atoms with Gasteiger partial charge in [0, 0.05) is 17.4 Å². The summed E-state index contributed by atoms with van der Waals surface area (Å²) in [6, 6.07) is 1.92. The number of thioether (sulfide) groups is 1. The Labute approximate surface area is 150 Å². The van der Waals surface area contributed by atoms with Gasteiger partial charge in [-0.25, -0.2) is 4.98 Å². The number of aromatic nitrogens is 2. The van der Waals surface area contributed by atoms with Gasteiger partial charge >= 0.3 is 0 Å². The molecule has 2 aromatic rings. The van der Waals surface area contributed by atoms with E-state index in [0.717, 1.165) is 48.3 Å². The molecule has 4 rings (SSSR count). The van der Waals surface area contributed by atoms with Crippen LogP contribution in [-0.2, 0) is 6.42 Å². The first-order valence-corrected chi connectivity index (χ1v) is 9.67. The van der Waals surface area contributed by atoms with Gasteiger partial charge < -0.3 is 9.84 Å². The van der Waals surface area contributed by atoms with E-state index in [1.54, 1.807) is 11.8 Å². The van der Waals surface area contributed by atoms with Crippen molar-refractivity contribution in [1.29, 1.82) is 0 Å². The quantitative estimate of drug-likeness (QED) is 0.908. The number of hydrogen-bond acceptors (Lipinski definition) is 6.